The number of sulfonamides is 1. The average molecular weight is 490 g/mol. The van der Waals surface area contributed by atoms with Gasteiger partial charge in [0.25, 0.3) is 5.91 Å². The van der Waals surface area contributed by atoms with Gasteiger partial charge in [-0.2, -0.15) is 0 Å². The molecule has 174 valence electrons. The molecule has 3 rings (SSSR count). The highest BCUT2D eigenvalue weighted by Gasteiger charge is 2.26. The van der Waals surface area contributed by atoms with Crippen LogP contribution in [0.3, 0.4) is 0 Å². The molecule has 0 aliphatic heterocycles. The number of carbonyl (C=O) groups excluding carboxylic acids is 2. The topological polar surface area (TPSA) is 118 Å². The summed E-state index contributed by atoms with van der Waals surface area (Å²) >= 11 is 6.08. The first-order valence-corrected chi connectivity index (χ1v) is 12.0. The minimum Gasteiger partial charge on any atom is -0.468 e. The molecule has 0 spiro atoms. The first-order valence-electron chi connectivity index (χ1n) is 10.2. The third kappa shape index (κ3) is 6.44. The minimum absolute atomic E-state index is 0.00454. The summed E-state index contributed by atoms with van der Waals surface area (Å²) in [5, 5.41) is 5.65. The summed E-state index contributed by atoms with van der Waals surface area (Å²) in [6, 6.07) is 14.8. The second kappa shape index (κ2) is 10.7. The van der Waals surface area contributed by atoms with Crippen molar-refractivity contribution in [3.05, 3.63) is 83.3 Å². The molecule has 10 heteroatoms. The summed E-state index contributed by atoms with van der Waals surface area (Å²) in [5.74, 6) is -0.730. The molecule has 1 aromatic heterocycles. The molecule has 1 heterocycles. The highest BCUT2D eigenvalue weighted by molar-refractivity contribution is 7.89. The molecule has 0 saturated heterocycles. The average Bonchev–Trinajstić information content (AvgIpc) is 3.30. The van der Waals surface area contributed by atoms with Gasteiger partial charge in [-0.15, -0.1) is 0 Å². The van der Waals surface area contributed by atoms with Gasteiger partial charge in [-0.05, 0) is 48.4 Å². The Balaban J connectivity index is 1.71. The van der Waals surface area contributed by atoms with Crippen LogP contribution in [0.15, 0.2) is 76.2 Å². The Bertz CT molecular complexity index is 1230. The quantitative estimate of drug-likeness (QED) is 0.422. The molecule has 33 heavy (non-hydrogen) atoms. The molecular weight excluding hydrogens is 466 g/mol. The zero-order valence-electron chi connectivity index (χ0n) is 18.0. The minimum atomic E-state index is -3.84. The molecule has 1 unspecified atom stereocenters. The van der Waals surface area contributed by atoms with E-state index in [1.165, 1.54) is 24.5 Å². The smallest absolute Gasteiger partial charge is 0.253 e. The maximum Gasteiger partial charge on any atom is 0.253 e. The van der Waals surface area contributed by atoms with E-state index in [1.807, 2.05) is 0 Å². The number of carbonyl (C=O) groups is 2. The first-order chi connectivity index (χ1) is 15.7. The molecule has 8 nitrogen and oxygen atoms in total. The predicted molar refractivity (Wildman–Crippen MR) is 125 cm³/mol. The third-order valence-corrected chi connectivity index (χ3v) is 6.51. The van der Waals surface area contributed by atoms with Crippen molar-refractivity contribution in [1.29, 1.82) is 0 Å². The summed E-state index contributed by atoms with van der Waals surface area (Å²) in [4.78, 5) is 25.5. The molecular formula is C23H24ClN3O5S. The van der Waals surface area contributed by atoms with Crippen LogP contribution in [0.1, 0.15) is 30.0 Å². The standard InChI is InChI=1S/C23H24ClN3O5S/c1-15(2)21(27-22(28)19-10-3-4-11-20(19)24)23(29)26-16-7-5-9-18(13-16)33(30,31)25-14-17-8-6-12-32-17/h3-13,15,21,25H,14H2,1-2H3,(H,26,29)(H,27,28). The van der Waals surface area contributed by atoms with E-state index in [2.05, 4.69) is 15.4 Å². The van der Waals surface area contributed by atoms with Crippen LogP contribution in [-0.4, -0.2) is 26.3 Å². The van der Waals surface area contributed by atoms with Gasteiger partial charge in [-0.3, -0.25) is 9.59 Å². The highest BCUT2D eigenvalue weighted by atomic mass is 35.5. The third-order valence-electron chi connectivity index (χ3n) is 4.78. The molecule has 0 fully saturated rings. The van der Waals surface area contributed by atoms with Crippen molar-refractivity contribution >= 4 is 39.1 Å². The summed E-state index contributed by atoms with van der Waals surface area (Å²) in [5.41, 5.74) is 0.534. The number of halogens is 1. The Morgan fingerprint density at radius 2 is 1.79 bits per heavy atom. The van der Waals surface area contributed by atoms with E-state index < -0.39 is 27.9 Å². The van der Waals surface area contributed by atoms with Crippen LogP contribution in [0.2, 0.25) is 5.02 Å². The van der Waals surface area contributed by atoms with E-state index >= 15 is 0 Å². The molecule has 2 amide bonds. The van der Waals surface area contributed by atoms with Gasteiger partial charge in [-0.1, -0.05) is 43.6 Å². The number of hydrogen-bond acceptors (Lipinski definition) is 5. The van der Waals surface area contributed by atoms with Crippen LogP contribution in [-0.2, 0) is 21.4 Å². The Hall–Kier alpha value is -3.14. The van der Waals surface area contributed by atoms with E-state index in [9.17, 15) is 18.0 Å². The lowest BCUT2D eigenvalue weighted by Crippen LogP contribution is -2.47. The van der Waals surface area contributed by atoms with Crippen LogP contribution < -0.4 is 15.4 Å². The fourth-order valence-electron chi connectivity index (χ4n) is 3.02. The van der Waals surface area contributed by atoms with Gasteiger partial charge in [-0.25, -0.2) is 13.1 Å². The zero-order chi connectivity index (χ0) is 24.0. The van der Waals surface area contributed by atoms with Crippen molar-refractivity contribution in [2.75, 3.05) is 5.32 Å². The van der Waals surface area contributed by atoms with Crippen molar-refractivity contribution < 1.29 is 22.4 Å². The van der Waals surface area contributed by atoms with E-state index in [0.29, 0.717) is 5.76 Å². The molecule has 0 bridgehead atoms. The van der Waals surface area contributed by atoms with E-state index in [4.69, 9.17) is 16.0 Å². The number of nitrogens with one attached hydrogen (secondary N) is 3. The van der Waals surface area contributed by atoms with E-state index in [0.717, 1.165) is 0 Å². The zero-order valence-corrected chi connectivity index (χ0v) is 19.6. The normalized spacial score (nSPS) is 12.4. The second-order valence-corrected chi connectivity index (χ2v) is 9.77. The van der Waals surface area contributed by atoms with Crippen molar-refractivity contribution in [3.8, 4) is 0 Å². The largest absolute Gasteiger partial charge is 0.468 e. The van der Waals surface area contributed by atoms with Crippen molar-refractivity contribution in [3.63, 3.8) is 0 Å². The number of anilines is 1. The number of amides is 2. The summed E-state index contributed by atoms with van der Waals surface area (Å²) in [7, 11) is -3.84. The van der Waals surface area contributed by atoms with E-state index in [-0.39, 0.29) is 33.6 Å². The Morgan fingerprint density at radius 3 is 2.45 bits per heavy atom. The lowest BCUT2D eigenvalue weighted by Gasteiger charge is -2.22. The Kier molecular flexibility index (Phi) is 7.91. The maximum atomic E-state index is 12.9. The van der Waals surface area contributed by atoms with Gasteiger partial charge in [0.1, 0.15) is 11.8 Å². The van der Waals surface area contributed by atoms with Crippen molar-refractivity contribution in [2.24, 2.45) is 5.92 Å². The summed E-state index contributed by atoms with van der Waals surface area (Å²) < 4.78 is 32.8. The molecule has 3 aromatic rings. The van der Waals surface area contributed by atoms with Crippen molar-refractivity contribution in [1.82, 2.24) is 10.0 Å². The van der Waals surface area contributed by atoms with Gasteiger partial charge in [0, 0.05) is 5.69 Å². The molecule has 1 atom stereocenters. The fourth-order valence-corrected chi connectivity index (χ4v) is 4.28. The molecule has 0 saturated carbocycles. The van der Waals surface area contributed by atoms with Gasteiger partial charge in [0.05, 0.1) is 28.3 Å². The Labute approximate surface area is 197 Å². The van der Waals surface area contributed by atoms with Gasteiger partial charge in [0.15, 0.2) is 0 Å². The Morgan fingerprint density at radius 1 is 1.03 bits per heavy atom. The van der Waals surface area contributed by atoms with Gasteiger partial charge < -0.3 is 15.1 Å². The van der Waals surface area contributed by atoms with Crippen LogP contribution >= 0.6 is 11.6 Å². The predicted octanol–water partition coefficient (Wildman–Crippen LogP) is 3.80. The summed E-state index contributed by atoms with van der Waals surface area (Å²) in [6.45, 7) is 3.57. The molecule has 0 aliphatic carbocycles. The lowest BCUT2D eigenvalue weighted by molar-refractivity contribution is -0.118. The molecule has 2 aromatic carbocycles. The van der Waals surface area contributed by atoms with Crippen LogP contribution in [0.25, 0.3) is 0 Å². The number of furan rings is 1. The first kappa shape index (κ1) is 24.5. The van der Waals surface area contributed by atoms with Crippen molar-refractivity contribution in [2.45, 2.75) is 31.3 Å². The maximum absolute atomic E-state index is 12.9. The lowest BCUT2D eigenvalue weighted by atomic mass is 10.0. The molecule has 0 radical (unpaired) electrons. The molecule has 3 N–H and O–H groups in total. The van der Waals surface area contributed by atoms with Gasteiger partial charge in [0.2, 0.25) is 15.9 Å². The van der Waals surface area contributed by atoms with E-state index in [1.54, 1.807) is 56.3 Å². The number of benzene rings is 2. The number of hydrogen-bond donors (Lipinski definition) is 3. The highest BCUT2D eigenvalue weighted by Crippen LogP contribution is 2.18. The SMILES string of the molecule is CC(C)C(NC(=O)c1ccccc1Cl)C(=O)Nc1cccc(S(=O)(=O)NCc2ccco2)c1. The fraction of sp³-hybridized carbons (Fsp3) is 0.217. The monoisotopic (exact) mass is 489 g/mol. The second-order valence-electron chi connectivity index (χ2n) is 7.60. The summed E-state index contributed by atoms with van der Waals surface area (Å²) in [6.07, 6.45) is 1.45. The van der Waals surface area contributed by atoms with Crippen LogP contribution in [0, 0.1) is 5.92 Å². The van der Waals surface area contributed by atoms with Crippen LogP contribution in [0.5, 0.6) is 0 Å². The van der Waals surface area contributed by atoms with Gasteiger partial charge >= 0.3 is 0 Å². The molecule has 0 aliphatic rings. The van der Waals surface area contributed by atoms with Crippen LogP contribution in [0.4, 0.5) is 5.69 Å². The number of rotatable bonds is 9.